The molecule has 3 aromatic rings. The SMILES string of the molecule is CN1CCN(c2ccc(Nc3ncc4cnc(=O)n(C)c4n3)cc2)CC1. The van der Waals surface area contributed by atoms with Crippen LogP contribution in [-0.4, -0.2) is 57.6 Å². The number of rotatable bonds is 3. The Kier molecular flexibility index (Phi) is 4.26. The van der Waals surface area contributed by atoms with Crippen LogP contribution in [0, 0.1) is 0 Å². The molecule has 1 N–H and O–H groups in total. The van der Waals surface area contributed by atoms with Gasteiger partial charge in [0.15, 0.2) is 5.65 Å². The molecule has 1 saturated heterocycles. The molecule has 0 atom stereocenters. The Morgan fingerprint density at radius 2 is 1.65 bits per heavy atom. The maximum absolute atomic E-state index is 11.7. The monoisotopic (exact) mass is 351 g/mol. The molecule has 0 spiro atoms. The van der Waals surface area contributed by atoms with Gasteiger partial charge in [-0.05, 0) is 31.3 Å². The fourth-order valence-electron chi connectivity index (χ4n) is 3.05. The van der Waals surface area contributed by atoms with Crippen molar-refractivity contribution in [3.63, 3.8) is 0 Å². The van der Waals surface area contributed by atoms with Crippen molar-refractivity contribution in [3.05, 3.63) is 47.1 Å². The molecule has 3 heterocycles. The Labute approximate surface area is 151 Å². The number of aromatic nitrogens is 4. The highest BCUT2D eigenvalue weighted by atomic mass is 16.1. The molecule has 2 aromatic heterocycles. The van der Waals surface area contributed by atoms with E-state index in [4.69, 9.17) is 0 Å². The van der Waals surface area contributed by atoms with Crippen LogP contribution < -0.4 is 15.9 Å². The first-order valence-corrected chi connectivity index (χ1v) is 8.59. The van der Waals surface area contributed by atoms with Crippen LogP contribution in [0.5, 0.6) is 0 Å². The predicted molar refractivity (Wildman–Crippen MR) is 102 cm³/mol. The maximum atomic E-state index is 11.7. The summed E-state index contributed by atoms with van der Waals surface area (Å²) in [4.78, 5) is 28.9. The van der Waals surface area contributed by atoms with Crippen LogP contribution >= 0.6 is 0 Å². The molecule has 0 unspecified atom stereocenters. The fourth-order valence-corrected chi connectivity index (χ4v) is 3.05. The van der Waals surface area contributed by atoms with E-state index in [-0.39, 0.29) is 5.69 Å². The lowest BCUT2D eigenvalue weighted by Gasteiger charge is -2.34. The number of hydrogen-bond donors (Lipinski definition) is 1. The molecular formula is C18H21N7O. The van der Waals surface area contributed by atoms with E-state index < -0.39 is 0 Å². The second kappa shape index (κ2) is 6.72. The Morgan fingerprint density at radius 3 is 2.38 bits per heavy atom. The van der Waals surface area contributed by atoms with Gasteiger partial charge >= 0.3 is 5.69 Å². The second-order valence-corrected chi connectivity index (χ2v) is 6.53. The molecule has 1 aliphatic rings. The molecule has 8 heteroatoms. The number of aryl methyl sites for hydroxylation is 1. The number of fused-ring (bicyclic) bond motifs is 1. The first kappa shape index (κ1) is 16.5. The van der Waals surface area contributed by atoms with Crippen LogP contribution in [-0.2, 0) is 7.05 Å². The van der Waals surface area contributed by atoms with E-state index in [0.29, 0.717) is 11.6 Å². The quantitative estimate of drug-likeness (QED) is 0.760. The summed E-state index contributed by atoms with van der Waals surface area (Å²) in [6, 6.07) is 8.25. The lowest BCUT2D eigenvalue weighted by Crippen LogP contribution is -2.44. The number of benzene rings is 1. The molecular weight excluding hydrogens is 330 g/mol. The number of nitrogens with one attached hydrogen (secondary N) is 1. The van der Waals surface area contributed by atoms with Crippen LogP contribution in [0.4, 0.5) is 17.3 Å². The molecule has 26 heavy (non-hydrogen) atoms. The molecule has 1 aliphatic heterocycles. The summed E-state index contributed by atoms with van der Waals surface area (Å²) in [5, 5.41) is 3.92. The van der Waals surface area contributed by atoms with Crippen molar-refractivity contribution >= 4 is 28.4 Å². The van der Waals surface area contributed by atoms with Gasteiger partial charge in [-0.2, -0.15) is 4.98 Å². The van der Waals surface area contributed by atoms with Crippen molar-refractivity contribution in [3.8, 4) is 0 Å². The number of piperazine rings is 1. The summed E-state index contributed by atoms with van der Waals surface area (Å²) in [6.45, 7) is 4.25. The fraction of sp³-hybridized carbons (Fsp3) is 0.333. The zero-order chi connectivity index (χ0) is 18.1. The second-order valence-electron chi connectivity index (χ2n) is 6.53. The Bertz CT molecular complexity index is 975. The summed E-state index contributed by atoms with van der Waals surface area (Å²) < 4.78 is 1.42. The molecule has 0 saturated carbocycles. The van der Waals surface area contributed by atoms with Gasteiger partial charge in [0.1, 0.15) is 0 Å². The van der Waals surface area contributed by atoms with Gasteiger partial charge in [-0.1, -0.05) is 0 Å². The summed E-state index contributed by atoms with van der Waals surface area (Å²) in [5.41, 5.74) is 2.34. The lowest BCUT2D eigenvalue weighted by atomic mass is 10.2. The standard InChI is InChI=1S/C18H21N7O/c1-23-7-9-25(10-8-23)15-5-3-14(4-6-15)21-17-19-11-13-12-20-18(26)24(2)16(13)22-17/h3-6,11-12H,7-10H2,1-2H3,(H,19,21,22). The van der Waals surface area contributed by atoms with E-state index in [1.165, 1.54) is 16.5 Å². The van der Waals surface area contributed by atoms with E-state index in [2.05, 4.69) is 49.2 Å². The zero-order valence-corrected chi connectivity index (χ0v) is 14.9. The number of hydrogen-bond acceptors (Lipinski definition) is 7. The molecule has 0 aliphatic carbocycles. The largest absolute Gasteiger partial charge is 0.369 e. The average molecular weight is 351 g/mol. The minimum absolute atomic E-state index is 0.335. The lowest BCUT2D eigenvalue weighted by molar-refractivity contribution is 0.313. The van der Waals surface area contributed by atoms with E-state index in [1.54, 1.807) is 13.2 Å². The van der Waals surface area contributed by atoms with E-state index in [0.717, 1.165) is 37.3 Å². The minimum atomic E-state index is -0.335. The highest BCUT2D eigenvalue weighted by molar-refractivity contribution is 5.74. The van der Waals surface area contributed by atoms with Crippen LogP contribution in [0.3, 0.4) is 0 Å². The van der Waals surface area contributed by atoms with Gasteiger partial charge in [-0.3, -0.25) is 4.57 Å². The summed E-state index contributed by atoms with van der Waals surface area (Å²) >= 11 is 0. The third-order valence-electron chi connectivity index (χ3n) is 4.71. The smallest absolute Gasteiger partial charge is 0.348 e. The molecule has 0 radical (unpaired) electrons. The van der Waals surface area contributed by atoms with Gasteiger partial charge in [-0.15, -0.1) is 0 Å². The first-order valence-electron chi connectivity index (χ1n) is 8.59. The van der Waals surface area contributed by atoms with E-state index in [1.807, 2.05) is 12.1 Å². The Hall–Kier alpha value is -3.00. The summed E-state index contributed by atoms with van der Waals surface area (Å²) in [5.74, 6) is 0.450. The molecule has 8 nitrogen and oxygen atoms in total. The van der Waals surface area contributed by atoms with Crippen molar-refractivity contribution < 1.29 is 0 Å². The van der Waals surface area contributed by atoms with Crippen LogP contribution in [0.15, 0.2) is 41.5 Å². The highest BCUT2D eigenvalue weighted by Crippen LogP contribution is 2.21. The Morgan fingerprint density at radius 1 is 0.962 bits per heavy atom. The molecule has 1 aromatic carbocycles. The van der Waals surface area contributed by atoms with Crippen molar-refractivity contribution in [1.29, 1.82) is 0 Å². The van der Waals surface area contributed by atoms with Gasteiger partial charge in [-0.25, -0.2) is 14.8 Å². The van der Waals surface area contributed by atoms with Crippen LogP contribution in [0.2, 0.25) is 0 Å². The molecule has 0 amide bonds. The normalized spacial score (nSPS) is 15.4. The van der Waals surface area contributed by atoms with Crippen LogP contribution in [0.25, 0.3) is 11.0 Å². The van der Waals surface area contributed by atoms with Gasteiger partial charge in [0.05, 0.1) is 5.39 Å². The Balaban J connectivity index is 1.53. The number of nitrogens with zero attached hydrogens (tertiary/aromatic N) is 6. The minimum Gasteiger partial charge on any atom is -0.369 e. The number of likely N-dealkylation sites (N-methyl/N-ethyl adjacent to an activating group) is 1. The molecule has 134 valence electrons. The van der Waals surface area contributed by atoms with Gasteiger partial charge in [0.25, 0.3) is 0 Å². The van der Waals surface area contributed by atoms with E-state index >= 15 is 0 Å². The predicted octanol–water partition coefficient (Wildman–Crippen LogP) is 1.22. The van der Waals surface area contributed by atoms with Gasteiger partial charge in [0, 0.05) is 57.0 Å². The van der Waals surface area contributed by atoms with Gasteiger partial charge < -0.3 is 15.1 Å². The van der Waals surface area contributed by atoms with Crippen molar-refractivity contribution in [2.24, 2.45) is 7.05 Å². The molecule has 1 fully saturated rings. The zero-order valence-electron chi connectivity index (χ0n) is 14.9. The van der Waals surface area contributed by atoms with Crippen molar-refractivity contribution in [1.82, 2.24) is 24.4 Å². The average Bonchev–Trinajstić information content (AvgIpc) is 2.66. The molecule has 4 rings (SSSR count). The third-order valence-corrected chi connectivity index (χ3v) is 4.71. The topological polar surface area (TPSA) is 79.2 Å². The number of anilines is 3. The maximum Gasteiger partial charge on any atom is 0.348 e. The highest BCUT2D eigenvalue weighted by Gasteiger charge is 2.14. The van der Waals surface area contributed by atoms with Crippen molar-refractivity contribution in [2.75, 3.05) is 43.4 Å². The molecule has 0 bridgehead atoms. The third kappa shape index (κ3) is 3.23. The van der Waals surface area contributed by atoms with Crippen molar-refractivity contribution in [2.45, 2.75) is 0 Å². The van der Waals surface area contributed by atoms with Gasteiger partial charge in [0.2, 0.25) is 5.95 Å². The summed E-state index contributed by atoms with van der Waals surface area (Å²) in [6.07, 6.45) is 3.15. The van der Waals surface area contributed by atoms with Crippen LogP contribution in [0.1, 0.15) is 0 Å². The first-order chi connectivity index (χ1) is 12.6. The summed E-state index contributed by atoms with van der Waals surface area (Å²) in [7, 11) is 3.80. The van der Waals surface area contributed by atoms with E-state index in [9.17, 15) is 4.79 Å².